The Morgan fingerprint density at radius 1 is 1.29 bits per heavy atom. The molecular weight excluding hydrogens is 214 g/mol. The van der Waals surface area contributed by atoms with Crippen LogP contribution in [0, 0.1) is 0 Å². The van der Waals surface area contributed by atoms with Gasteiger partial charge in [-0.3, -0.25) is 0 Å². The Bertz CT molecular complexity index is 533. The number of hydrogen-bond donors (Lipinski definition) is 0. The fourth-order valence-corrected chi connectivity index (χ4v) is 2.19. The first-order chi connectivity index (χ1) is 8.38. The van der Waals surface area contributed by atoms with E-state index in [0.29, 0.717) is 6.61 Å². The van der Waals surface area contributed by atoms with E-state index in [0.717, 1.165) is 31.0 Å². The maximum absolute atomic E-state index is 5.42. The van der Waals surface area contributed by atoms with Crippen LogP contribution in [-0.4, -0.2) is 14.8 Å². The van der Waals surface area contributed by atoms with Crippen molar-refractivity contribution >= 4 is 0 Å². The Kier molecular flexibility index (Phi) is 2.65. The standard InChI is InChI=1S/C13H15N3O/c1-2-5-16-9-14-15-13(16)10-3-4-11-7-17-8-12(11)6-10/h3-4,6,9H,2,5,7-8H2,1H3. The van der Waals surface area contributed by atoms with E-state index in [9.17, 15) is 0 Å². The van der Waals surface area contributed by atoms with E-state index in [4.69, 9.17) is 4.74 Å². The van der Waals surface area contributed by atoms with Gasteiger partial charge in [-0.15, -0.1) is 10.2 Å². The van der Waals surface area contributed by atoms with Gasteiger partial charge in [-0.05, 0) is 23.6 Å². The Balaban J connectivity index is 2.00. The molecule has 88 valence electrons. The molecule has 0 aliphatic carbocycles. The summed E-state index contributed by atoms with van der Waals surface area (Å²) >= 11 is 0. The highest BCUT2D eigenvalue weighted by atomic mass is 16.5. The summed E-state index contributed by atoms with van der Waals surface area (Å²) in [4.78, 5) is 0. The molecule has 0 radical (unpaired) electrons. The van der Waals surface area contributed by atoms with Crippen molar-refractivity contribution in [1.82, 2.24) is 14.8 Å². The number of rotatable bonds is 3. The third-order valence-electron chi connectivity index (χ3n) is 3.06. The van der Waals surface area contributed by atoms with Crippen LogP contribution < -0.4 is 0 Å². The number of ether oxygens (including phenoxy) is 1. The van der Waals surface area contributed by atoms with Crippen LogP contribution in [0.2, 0.25) is 0 Å². The molecule has 0 saturated carbocycles. The van der Waals surface area contributed by atoms with Crippen molar-refractivity contribution in [3.8, 4) is 11.4 Å². The van der Waals surface area contributed by atoms with Crippen molar-refractivity contribution in [2.24, 2.45) is 0 Å². The van der Waals surface area contributed by atoms with E-state index >= 15 is 0 Å². The molecule has 1 aromatic heterocycles. The molecule has 0 amide bonds. The summed E-state index contributed by atoms with van der Waals surface area (Å²) in [6.07, 6.45) is 2.88. The molecular formula is C13H15N3O. The maximum atomic E-state index is 5.42. The molecule has 0 N–H and O–H groups in total. The molecule has 1 aromatic carbocycles. The fourth-order valence-electron chi connectivity index (χ4n) is 2.19. The smallest absolute Gasteiger partial charge is 0.163 e. The molecule has 17 heavy (non-hydrogen) atoms. The molecule has 0 saturated heterocycles. The summed E-state index contributed by atoms with van der Waals surface area (Å²) < 4.78 is 7.52. The predicted octanol–water partition coefficient (Wildman–Crippen LogP) is 2.39. The number of nitrogens with zero attached hydrogens (tertiary/aromatic N) is 3. The van der Waals surface area contributed by atoms with Gasteiger partial charge in [0, 0.05) is 12.1 Å². The fraction of sp³-hybridized carbons (Fsp3) is 0.385. The molecule has 0 bridgehead atoms. The topological polar surface area (TPSA) is 39.9 Å². The maximum Gasteiger partial charge on any atom is 0.163 e. The highest BCUT2D eigenvalue weighted by molar-refractivity contribution is 5.57. The normalized spacial score (nSPS) is 13.9. The van der Waals surface area contributed by atoms with Gasteiger partial charge in [0.1, 0.15) is 6.33 Å². The summed E-state index contributed by atoms with van der Waals surface area (Å²) in [7, 11) is 0. The van der Waals surface area contributed by atoms with Crippen LogP contribution in [0.4, 0.5) is 0 Å². The van der Waals surface area contributed by atoms with E-state index in [-0.39, 0.29) is 0 Å². The molecule has 0 atom stereocenters. The highest BCUT2D eigenvalue weighted by Crippen LogP contribution is 2.25. The second kappa shape index (κ2) is 4.30. The van der Waals surface area contributed by atoms with Gasteiger partial charge in [-0.1, -0.05) is 19.1 Å². The first-order valence-corrected chi connectivity index (χ1v) is 5.96. The zero-order chi connectivity index (χ0) is 11.7. The molecule has 1 aliphatic rings. The van der Waals surface area contributed by atoms with Crippen LogP contribution in [0.5, 0.6) is 0 Å². The third kappa shape index (κ3) is 1.85. The van der Waals surface area contributed by atoms with Crippen LogP contribution in [0.25, 0.3) is 11.4 Å². The van der Waals surface area contributed by atoms with Crippen molar-refractivity contribution in [1.29, 1.82) is 0 Å². The minimum absolute atomic E-state index is 0.713. The van der Waals surface area contributed by atoms with Crippen molar-refractivity contribution < 1.29 is 4.74 Å². The van der Waals surface area contributed by atoms with Crippen molar-refractivity contribution in [2.45, 2.75) is 33.1 Å². The summed E-state index contributed by atoms with van der Waals surface area (Å²) in [6.45, 7) is 4.55. The van der Waals surface area contributed by atoms with Crippen molar-refractivity contribution in [2.75, 3.05) is 0 Å². The largest absolute Gasteiger partial charge is 0.372 e. The van der Waals surface area contributed by atoms with Crippen molar-refractivity contribution in [3.05, 3.63) is 35.7 Å². The first kappa shape index (κ1) is 10.5. The van der Waals surface area contributed by atoms with Crippen LogP contribution in [0.15, 0.2) is 24.5 Å². The molecule has 4 heteroatoms. The molecule has 2 heterocycles. The summed E-state index contributed by atoms with van der Waals surface area (Å²) in [6, 6.07) is 6.39. The van der Waals surface area contributed by atoms with Crippen LogP contribution in [0.3, 0.4) is 0 Å². The monoisotopic (exact) mass is 229 g/mol. The summed E-state index contributed by atoms with van der Waals surface area (Å²) in [5.41, 5.74) is 3.68. The molecule has 2 aromatic rings. The molecule has 3 rings (SSSR count). The Hall–Kier alpha value is -1.68. The quantitative estimate of drug-likeness (QED) is 0.811. The SMILES string of the molecule is CCCn1cnnc1-c1ccc2c(c1)COC2. The van der Waals surface area contributed by atoms with Crippen LogP contribution in [-0.2, 0) is 24.5 Å². The number of fused-ring (bicyclic) bond motifs is 1. The average Bonchev–Trinajstić information content (AvgIpc) is 2.96. The van der Waals surface area contributed by atoms with Gasteiger partial charge < -0.3 is 9.30 Å². The van der Waals surface area contributed by atoms with Gasteiger partial charge in [0.15, 0.2) is 5.82 Å². The van der Waals surface area contributed by atoms with Crippen LogP contribution >= 0.6 is 0 Å². The second-order valence-electron chi connectivity index (χ2n) is 4.32. The number of benzene rings is 1. The van der Waals surface area contributed by atoms with Gasteiger partial charge in [0.05, 0.1) is 13.2 Å². The molecule has 1 aliphatic heterocycles. The van der Waals surface area contributed by atoms with E-state index in [1.165, 1.54) is 11.1 Å². The van der Waals surface area contributed by atoms with Gasteiger partial charge in [0.2, 0.25) is 0 Å². The summed E-state index contributed by atoms with van der Waals surface area (Å²) in [5.74, 6) is 0.946. The number of hydrogen-bond acceptors (Lipinski definition) is 3. The molecule has 0 spiro atoms. The minimum Gasteiger partial charge on any atom is -0.372 e. The number of aromatic nitrogens is 3. The lowest BCUT2D eigenvalue weighted by Crippen LogP contribution is -1.98. The van der Waals surface area contributed by atoms with E-state index < -0.39 is 0 Å². The van der Waals surface area contributed by atoms with E-state index in [1.54, 1.807) is 6.33 Å². The lowest BCUT2D eigenvalue weighted by atomic mass is 10.1. The molecule has 0 fully saturated rings. The highest BCUT2D eigenvalue weighted by Gasteiger charge is 2.14. The van der Waals surface area contributed by atoms with E-state index in [1.807, 2.05) is 0 Å². The Morgan fingerprint density at radius 3 is 3.06 bits per heavy atom. The Labute approximate surface area is 100 Å². The lowest BCUT2D eigenvalue weighted by molar-refractivity contribution is 0.134. The first-order valence-electron chi connectivity index (χ1n) is 5.96. The Morgan fingerprint density at radius 2 is 2.18 bits per heavy atom. The van der Waals surface area contributed by atoms with Crippen LogP contribution in [0.1, 0.15) is 24.5 Å². The average molecular weight is 229 g/mol. The zero-order valence-corrected chi connectivity index (χ0v) is 9.89. The minimum atomic E-state index is 0.713. The van der Waals surface area contributed by atoms with Gasteiger partial charge in [-0.2, -0.15) is 0 Å². The van der Waals surface area contributed by atoms with Gasteiger partial charge in [0.25, 0.3) is 0 Å². The summed E-state index contributed by atoms with van der Waals surface area (Å²) in [5, 5.41) is 8.20. The lowest BCUT2D eigenvalue weighted by Gasteiger charge is -2.06. The van der Waals surface area contributed by atoms with Gasteiger partial charge in [-0.25, -0.2) is 0 Å². The van der Waals surface area contributed by atoms with Crippen molar-refractivity contribution in [3.63, 3.8) is 0 Å². The molecule has 0 unspecified atom stereocenters. The zero-order valence-electron chi connectivity index (χ0n) is 9.89. The second-order valence-corrected chi connectivity index (χ2v) is 4.32. The predicted molar refractivity (Wildman–Crippen MR) is 64.2 cm³/mol. The number of aryl methyl sites for hydroxylation is 1. The molecule has 4 nitrogen and oxygen atoms in total. The third-order valence-corrected chi connectivity index (χ3v) is 3.06. The van der Waals surface area contributed by atoms with Gasteiger partial charge >= 0.3 is 0 Å². The van der Waals surface area contributed by atoms with E-state index in [2.05, 4.69) is 39.9 Å².